The lowest BCUT2D eigenvalue weighted by atomic mass is 10.00. The zero-order valence-corrected chi connectivity index (χ0v) is 13.2. The summed E-state index contributed by atoms with van der Waals surface area (Å²) in [6, 6.07) is 7.17. The number of ether oxygens (including phenoxy) is 1. The highest BCUT2D eigenvalue weighted by molar-refractivity contribution is 7.89. The third-order valence-electron chi connectivity index (χ3n) is 3.82. The molecular formula is C15H24N2O3S. The Balaban J connectivity index is 1.85. The van der Waals surface area contributed by atoms with Crippen LogP contribution in [0.1, 0.15) is 38.2 Å². The summed E-state index contributed by atoms with van der Waals surface area (Å²) in [7, 11) is -3.61. The predicted octanol–water partition coefficient (Wildman–Crippen LogP) is 1.77. The minimum Gasteiger partial charge on any atom is -0.378 e. The quantitative estimate of drug-likeness (QED) is 0.839. The molecule has 118 valence electrons. The van der Waals surface area contributed by atoms with Crippen LogP contribution in [0.5, 0.6) is 0 Å². The van der Waals surface area contributed by atoms with Crippen LogP contribution in [0.2, 0.25) is 0 Å². The molecule has 1 aromatic rings. The lowest BCUT2D eigenvalue weighted by Gasteiger charge is -2.30. The summed E-state index contributed by atoms with van der Waals surface area (Å²) in [6.07, 6.45) is 4.69. The minimum atomic E-state index is -3.61. The first-order chi connectivity index (χ1) is 9.99. The van der Waals surface area contributed by atoms with E-state index in [2.05, 4.69) is 12.2 Å². The third-order valence-corrected chi connectivity index (χ3v) is 4.75. The summed E-state index contributed by atoms with van der Waals surface area (Å²) in [5.74, 6) is 0. The van der Waals surface area contributed by atoms with E-state index in [4.69, 9.17) is 9.88 Å². The molecule has 0 saturated carbocycles. The average Bonchev–Trinajstić information content (AvgIpc) is 2.45. The summed E-state index contributed by atoms with van der Waals surface area (Å²) >= 11 is 0. The first-order valence-corrected chi connectivity index (χ1v) is 9.00. The van der Waals surface area contributed by atoms with E-state index in [1.165, 1.54) is 0 Å². The summed E-state index contributed by atoms with van der Waals surface area (Å²) in [4.78, 5) is 0.153. The van der Waals surface area contributed by atoms with Crippen LogP contribution in [0.25, 0.3) is 0 Å². The zero-order valence-electron chi connectivity index (χ0n) is 12.4. The van der Waals surface area contributed by atoms with Gasteiger partial charge < -0.3 is 10.1 Å². The number of sulfonamides is 1. The number of hydrogen-bond acceptors (Lipinski definition) is 4. The monoisotopic (exact) mass is 312 g/mol. The van der Waals surface area contributed by atoms with Gasteiger partial charge in [0.15, 0.2) is 0 Å². The van der Waals surface area contributed by atoms with E-state index >= 15 is 0 Å². The van der Waals surface area contributed by atoms with Gasteiger partial charge in [0.1, 0.15) is 0 Å². The van der Waals surface area contributed by atoms with E-state index < -0.39 is 10.0 Å². The van der Waals surface area contributed by atoms with Crippen molar-refractivity contribution >= 4 is 10.0 Å². The van der Waals surface area contributed by atoms with Gasteiger partial charge >= 0.3 is 0 Å². The molecule has 21 heavy (non-hydrogen) atoms. The molecule has 5 nitrogen and oxygen atoms in total. The topological polar surface area (TPSA) is 81.4 Å². The van der Waals surface area contributed by atoms with Crippen molar-refractivity contribution < 1.29 is 13.2 Å². The molecule has 1 heterocycles. The third kappa shape index (κ3) is 5.07. The molecule has 2 atom stereocenters. The fourth-order valence-electron chi connectivity index (χ4n) is 2.65. The number of rotatable bonds is 6. The maximum Gasteiger partial charge on any atom is 0.238 e. The van der Waals surface area contributed by atoms with Crippen LogP contribution < -0.4 is 10.5 Å². The van der Waals surface area contributed by atoms with Crippen LogP contribution in [-0.4, -0.2) is 27.2 Å². The van der Waals surface area contributed by atoms with Gasteiger partial charge in [0.25, 0.3) is 0 Å². The Labute approximate surface area is 126 Å². The number of hydrogen-bond donors (Lipinski definition) is 2. The first kappa shape index (κ1) is 16.4. The van der Waals surface area contributed by atoms with Crippen LogP contribution in [0.4, 0.5) is 0 Å². The van der Waals surface area contributed by atoms with Crippen molar-refractivity contribution in [1.29, 1.82) is 0 Å². The standard InChI is InChI=1S/C15H24N2O3S/c1-2-3-14-10-13(8-9-20-14)17-11-12-4-6-15(7-5-12)21(16,18)19/h4-7,13-14,17H,2-3,8-11H2,1H3,(H2,16,18,19). The van der Waals surface area contributed by atoms with Gasteiger partial charge in [0.05, 0.1) is 11.0 Å². The second kappa shape index (κ2) is 7.35. The van der Waals surface area contributed by atoms with Gasteiger partial charge in [-0.05, 0) is 37.0 Å². The van der Waals surface area contributed by atoms with E-state index in [9.17, 15) is 8.42 Å². The SMILES string of the molecule is CCCC1CC(NCc2ccc(S(N)(=O)=O)cc2)CCO1. The maximum absolute atomic E-state index is 11.2. The number of nitrogens with one attached hydrogen (secondary N) is 1. The molecule has 1 saturated heterocycles. The molecule has 0 radical (unpaired) electrons. The van der Waals surface area contributed by atoms with Crippen molar-refractivity contribution in [3.8, 4) is 0 Å². The normalized spacial score (nSPS) is 23.1. The smallest absolute Gasteiger partial charge is 0.238 e. The van der Waals surface area contributed by atoms with Gasteiger partial charge in [-0.1, -0.05) is 25.5 Å². The molecule has 1 fully saturated rings. The predicted molar refractivity (Wildman–Crippen MR) is 82.3 cm³/mol. The van der Waals surface area contributed by atoms with Crippen LogP contribution in [0.3, 0.4) is 0 Å². The largest absolute Gasteiger partial charge is 0.378 e. The molecule has 0 spiro atoms. The van der Waals surface area contributed by atoms with Gasteiger partial charge in [-0.25, -0.2) is 13.6 Å². The summed E-state index contributed by atoms with van der Waals surface area (Å²) in [5.41, 5.74) is 1.06. The first-order valence-electron chi connectivity index (χ1n) is 7.45. The molecular weight excluding hydrogens is 288 g/mol. The second-order valence-corrected chi connectivity index (χ2v) is 7.13. The van der Waals surface area contributed by atoms with E-state index in [0.29, 0.717) is 12.1 Å². The molecule has 3 N–H and O–H groups in total. The van der Waals surface area contributed by atoms with Crippen molar-refractivity contribution in [2.45, 2.75) is 56.2 Å². The lowest BCUT2D eigenvalue weighted by Crippen LogP contribution is -2.38. The Morgan fingerprint density at radius 3 is 2.67 bits per heavy atom. The van der Waals surface area contributed by atoms with Gasteiger partial charge in [-0.15, -0.1) is 0 Å². The van der Waals surface area contributed by atoms with Gasteiger partial charge in [0, 0.05) is 19.2 Å². The molecule has 0 aliphatic carbocycles. The number of primary sulfonamides is 1. The van der Waals surface area contributed by atoms with Crippen molar-refractivity contribution in [1.82, 2.24) is 5.32 Å². The van der Waals surface area contributed by atoms with E-state index in [1.807, 2.05) is 0 Å². The summed E-state index contributed by atoms with van der Waals surface area (Å²) in [6.45, 7) is 3.72. The molecule has 0 amide bonds. The summed E-state index contributed by atoms with van der Waals surface area (Å²) in [5, 5.41) is 8.61. The zero-order chi connectivity index (χ0) is 15.3. The average molecular weight is 312 g/mol. The molecule has 0 bridgehead atoms. The molecule has 1 aliphatic heterocycles. The fraction of sp³-hybridized carbons (Fsp3) is 0.600. The Morgan fingerprint density at radius 1 is 1.33 bits per heavy atom. The highest BCUT2D eigenvalue weighted by Crippen LogP contribution is 2.18. The van der Waals surface area contributed by atoms with E-state index in [0.717, 1.165) is 44.4 Å². The van der Waals surface area contributed by atoms with Crippen molar-refractivity contribution in [3.05, 3.63) is 29.8 Å². The number of benzene rings is 1. The Bertz CT molecular complexity index is 541. The Kier molecular flexibility index (Phi) is 5.75. The number of nitrogens with two attached hydrogens (primary N) is 1. The van der Waals surface area contributed by atoms with Crippen LogP contribution >= 0.6 is 0 Å². The van der Waals surface area contributed by atoms with Crippen LogP contribution in [0.15, 0.2) is 29.2 Å². The van der Waals surface area contributed by atoms with Crippen LogP contribution in [-0.2, 0) is 21.3 Å². The second-order valence-electron chi connectivity index (χ2n) is 5.57. The Hall–Kier alpha value is -0.950. The molecule has 2 unspecified atom stereocenters. The van der Waals surface area contributed by atoms with Gasteiger partial charge in [0.2, 0.25) is 10.0 Å². The van der Waals surface area contributed by atoms with Crippen molar-refractivity contribution in [2.75, 3.05) is 6.61 Å². The van der Waals surface area contributed by atoms with Gasteiger partial charge in [-0.3, -0.25) is 0 Å². The van der Waals surface area contributed by atoms with Gasteiger partial charge in [-0.2, -0.15) is 0 Å². The molecule has 1 aromatic carbocycles. The van der Waals surface area contributed by atoms with E-state index in [1.54, 1.807) is 24.3 Å². The molecule has 1 aliphatic rings. The van der Waals surface area contributed by atoms with Crippen molar-refractivity contribution in [2.24, 2.45) is 5.14 Å². The Morgan fingerprint density at radius 2 is 2.05 bits per heavy atom. The lowest BCUT2D eigenvalue weighted by molar-refractivity contribution is -0.00342. The minimum absolute atomic E-state index is 0.153. The maximum atomic E-state index is 11.2. The van der Waals surface area contributed by atoms with Crippen molar-refractivity contribution in [3.63, 3.8) is 0 Å². The fourth-order valence-corrected chi connectivity index (χ4v) is 3.16. The molecule has 6 heteroatoms. The highest BCUT2D eigenvalue weighted by Gasteiger charge is 2.21. The summed E-state index contributed by atoms with van der Waals surface area (Å²) < 4.78 is 28.1. The highest BCUT2D eigenvalue weighted by atomic mass is 32.2. The van der Waals surface area contributed by atoms with E-state index in [-0.39, 0.29) is 4.90 Å². The van der Waals surface area contributed by atoms with Crippen LogP contribution in [0, 0.1) is 0 Å². The molecule has 2 rings (SSSR count). The molecule has 0 aromatic heterocycles.